The third-order valence-electron chi connectivity index (χ3n) is 0.845. The molecule has 0 N–H and O–H groups in total. The van der Waals surface area contributed by atoms with Gasteiger partial charge in [0.2, 0.25) is 0 Å². The van der Waals surface area contributed by atoms with E-state index in [1.54, 1.807) is 10.9 Å². The molecular formula is C5H8N2. The van der Waals surface area contributed by atoms with Crippen LogP contribution in [0.3, 0.4) is 0 Å². The fourth-order valence-electron chi connectivity index (χ4n) is 0.428. The largest absolute Gasteiger partial charge is 0.338 e. The molecule has 0 unspecified atom stereocenters. The second-order valence-electron chi connectivity index (χ2n) is 1.31. The minimum absolute atomic E-state index is 0.479. The van der Waals surface area contributed by atoms with Gasteiger partial charge >= 0.3 is 0 Å². The molecule has 1 heterocycles. The summed E-state index contributed by atoms with van der Waals surface area (Å²) in [5, 5.41) is 0. The Labute approximate surface area is 44.2 Å². The Hall–Kier alpha value is -0.790. The summed E-state index contributed by atoms with van der Waals surface area (Å²) in [7, 11) is 0. The van der Waals surface area contributed by atoms with Crippen LogP contribution in [0, 0.1) is 0 Å². The van der Waals surface area contributed by atoms with Crippen molar-refractivity contribution >= 4 is 0 Å². The Morgan fingerprint density at radius 1 is 2.00 bits per heavy atom. The summed E-state index contributed by atoms with van der Waals surface area (Å²) in [6.45, 7) is 2.82. The Balaban J connectivity index is 2.92. The van der Waals surface area contributed by atoms with Crippen molar-refractivity contribution in [3.8, 4) is 0 Å². The van der Waals surface area contributed by atoms with Gasteiger partial charge in [0.15, 0.2) is 0 Å². The molecule has 0 aliphatic carbocycles. The normalized spacial score (nSPS) is 11.3. The quantitative estimate of drug-likeness (QED) is 0.509. The van der Waals surface area contributed by atoms with Gasteiger partial charge in [0.25, 0.3) is 0 Å². The number of nitrogens with zero attached hydrogens (tertiary/aromatic N) is 2. The maximum absolute atomic E-state index is 7.15. The summed E-state index contributed by atoms with van der Waals surface area (Å²) in [6, 6.07) is 0. The van der Waals surface area contributed by atoms with Gasteiger partial charge in [-0.05, 0) is 6.92 Å². The van der Waals surface area contributed by atoms with E-state index in [9.17, 15) is 0 Å². The molecule has 0 radical (unpaired) electrons. The van der Waals surface area contributed by atoms with E-state index in [0.717, 1.165) is 6.54 Å². The molecule has 0 saturated carbocycles. The zero-order valence-electron chi connectivity index (χ0n) is 5.26. The first-order valence-electron chi connectivity index (χ1n) is 2.81. The highest BCUT2D eigenvalue weighted by molar-refractivity contribution is 4.72. The van der Waals surface area contributed by atoms with Crippen LogP contribution in [0.25, 0.3) is 0 Å². The van der Waals surface area contributed by atoms with E-state index in [2.05, 4.69) is 4.98 Å². The van der Waals surface area contributed by atoms with E-state index in [-0.39, 0.29) is 0 Å². The second-order valence-corrected chi connectivity index (χ2v) is 1.31. The van der Waals surface area contributed by atoms with E-state index in [4.69, 9.17) is 1.37 Å². The van der Waals surface area contributed by atoms with Gasteiger partial charge in [-0.25, -0.2) is 4.98 Å². The first-order chi connectivity index (χ1) is 3.84. The average molecular weight is 97.1 g/mol. The van der Waals surface area contributed by atoms with Crippen LogP contribution in [0.2, 0.25) is 0 Å². The van der Waals surface area contributed by atoms with Gasteiger partial charge in [-0.2, -0.15) is 0 Å². The lowest BCUT2D eigenvalue weighted by molar-refractivity contribution is 0.761. The molecule has 0 fully saturated rings. The van der Waals surface area contributed by atoms with Gasteiger partial charge in [0.1, 0.15) is 0 Å². The lowest BCUT2D eigenvalue weighted by Crippen LogP contribution is -1.85. The Bertz CT molecular complexity index is 171. The van der Waals surface area contributed by atoms with Crippen molar-refractivity contribution in [1.82, 2.24) is 9.55 Å². The molecule has 0 atom stereocenters. The van der Waals surface area contributed by atoms with Crippen LogP contribution >= 0.6 is 0 Å². The monoisotopic (exact) mass is 97.1 g/mol. The van der Waals surface area contributed by atoms with Gasteiger partial charge in [-0.1, -0.05) is 0 Å². The number of aromatic nitrogens is 2. The predicted molar refractivity (Wildman–Crippen MR) is 27.9 cm³/mol. The Morgan fingerprint density at radius 2 is 2.86 bits per heavy atom. The molecule has 0 aliphatic heterocycles. The van der Waals surface area contributed by atoms with E-state index in [1.165, 1.54) is 6.20 Å². The van der Waals surface area contributed by atoms with Gasteiger partial charge in [-0.3, -0.25) is 0 Å². The Kier molecular flexibility index (Phi) is 0.823. The van der Waals surface area contributed by atoms with Crippen molar-refractivity contribution in [3.63, 3.8) is 0 Å². The molecular weight excluding hydrogens is 88.1 g/mol. The minimum atomic E-state index is 0.479. The molecule has 7 heavy (non-hydrogen) atoms. The van der Waals surface area contributed by atoms with Crippen LogP contribution in [0.15, 0.2) is 18.7 Å². The topological polar surface area (TPSA) is 17.8 Å². The molecule has 0 aromatic carbocycles. The van der Waals surface area contributed by atoms with Crippen LogP contribution in [0.1, 0.15) is 8.29 Å². The summed E-state index contributed by atoms with van der Waals surface area (Å²) in [5.41, 5.74) is 0. The number of rotatable bonds is 1. The van der Waals surface area contributed by atoms with E-state index in [0.29, 0.717) is 6.17 Å². The molecule has 1 aromatic heterocycles. The molecule has 2 heteroatoms. The van der Waals surface area contributed by atoms with Crippen molar-refractivity contribution in [2.45, 2.75) is 13.5 Å². The fourth-order valence-corrected chi connectivity index (χ4v) is 0.428. The van der Waals surface area contributed by atoms with Crippen molar-refractivity contribution < 1.29 is 1.37 Å². The van der Waals surface area contributed by atoms with E-state index < -0.39 is 0 Å². The molecule has 0 spiro atoms. The highest BCUT2D eigenvalue weighted by Gasteiger charge is 1.77. The van der Waals surface area contributed by atoms with E-state index >= 15 is 0 Å². The predicted octanol–water partition coefficient (Wildman–Crippen LogP) is 0.903. The van der Waals surface area contributed by atoms with Gasteiger partial charge in [-0.15, -0.1) is 0 Å². The smallest absolute Gasteiger partial charge is 0.0945 e. The zero-order valence-corrected chi connectivity index (χ0v) is 4.26. The summed E-state index contributed by atoms with van der Waals surface area (Å²) in [4.78, 5) is 3.77. The standard InChI is InChI=1S/C5H8N2/c1-2-7-4-3-6-5-7/h3-5H,2H2,1H3/i4D. The number of imidazole rings is 1. The van der Waals surface area contributed by atoms with Gasteiger partial charge < -0.3 is 4.57 Å². The van der Waals surface area contributed by atoms with Crippen LogP contribution in [0.5, 0.6) is 0 Å². The maximum Gasteiger partial charge on any atom is 0.0945 e. The Morgan fingerprint density at radius 3 is 3.14 bits per heavy atom. The second kappa shape index (κ2) is 1.78. The van der Waals surface area contributed by atoms with Crippen molar-refractivity contribution in [1.29, 1.82) is 0 Å². The molecule has 1 aromatic rings. The lowest BCUT2D eigenvalue weighted by atomic mass is 10.7. The highest BCUT2D eigenvalue weighted by Crippen LogP contribution is 1.81. The third-order valence-corrected chi connectivity index (χ3v) is 0.845. The maximum atomic E-state index is 7.15. The van der Waals surface area contributed by atoms with Crippen molar-refractivity contribution in [3.05, 3.63) is 18.7 Å². The van der Waals surface area contributed by atoms with Gasteiger partial charge in [0, 0.05) is 18.9 Å². The molecule has 1 rings (SSSR count). The SMILES string of the molecule is [2H]c1cncn1CC. The summed E-state index contributed by atoms with van der Waals surface area (Å²) in [6.07, 6.45) is 3.67. The molecule has 38 valence electrons. The van der Waals surface area contributed by atoms with E-state index in [1.807, 2.05) is 6.92 Å². The molecule has 0 aliphatic rings. The fraction of sp³-hybridized carbons (Fsp3) is 0.400. The summed E-state index contributed by atoms with van der Waals surface area (Å²) >= 11 is 0. The first kappa shape index (κ1) is 3.24. The molecule has 0 amide bonds. The average Bonchev–Trinajstić information content (AvgIpc) is 2.14. The van der Waals surface area contributed by atoms with Crippen molar-refractivity contribution in [2.75, 3.05) is 0 Å². The number of hydrogen-bond acceptors (Lipinski definition) is 1. The third kappa shape index (κ3) is 0.796. The van der Waals surface area contributed by atoms with Crippen LogP contribution in [-0.2, 0) is 6.54 Å². The molecule has 0 bridgehead atoms. The lowest BCUT2D eigenvalue weighted by Gasteiger charge is -1.87. The highest BCUT2D eigenvalue weighted by atomic mass is 15.0. The molecule has 2 nitrogen and oxygen atoms in total. The summed E-state index contributed by atoms with van der Waals surface area (Å²) in [5.74, 6) is 0. The van der Waals surface area contributed by atoms with Crippen LogP contribution in [-0.4, -0.2) is 9.55 Å². The van der Waals surface area contributed by atoms with Crippen molar-refractivity contribution in [2.24, 2.45) is 0 Å². The number of hydrogen-bond donors (Lipinski definition) is 0. The van der Waals surface area contributed by atoms with Crippen LogP contribution in [0.4, 0.5) is 0 Å². The van der Waals surface area contributed by atoms with Gasteiger partial charge in [0.05, 0.1) is 7.70 Å². The number of aryl methyl sites for hydroxylation is 1. The first-order valence-corrected chi connectivity index (χ1v) is 2.31. The minimum Gasteiger partial charge on any atom is -0.338 e. The van der Waals surface area contributed by atoms with Crippen LogP contribution < -0.4 is 0 Å². The summed E-state index contributed by atoms with van der Waals surface area (Å²) < 4.78 is 8.92. The molecule has 0 saturated heterocycles. The zero-order chi connectivity index (χ0) is 5.98.